The summed E-state index contributed by atoms with van der Waals surface area (Å²) in [5, 5.41) is 0. The molecule has 3 aliphatic carbocycles. The Hall–Kier alpha value is -4.34. The third-order valence-corrected chi connectivity index (χ3v) is 11.6. The molecular formula is C36H23Br2N3O4. The van der Waals surface area contributed by atoms with Gasteiger partial charge in [0.25, 0.3) is 0 Å². The van der Waals surface area contributed by atoms with Gasteiger partial charge >= 0.3 is 0 Å². The minimum absolute atomic E-state index is 0.349. The number of benzene rings is 4. The molecule has 3 fully saturated rings. The van der Waals surface area contributed by atoms with Crippen LogP contribution in [0.5, 0.6) is 0 Å². The fraction of sp³-hybridized carbons (Fsp3) is 0.167. The van der Waals surface area contributed by atoms with Crippen LogP contribution in [0.4, 0.5) is 22.7 Å². The summed E-state index contributed by atoms with van der Waals surface area (Å²) < 4.78 is 1.23. The monoisotopic (exact) mass is 719 g/mol. The van der Waals surface area contributed by atoms with E-state index in [0.717, 1.165) is 22.5 Å². The Balaban J connectivity index is 1.35. The van der Waals surface area contributed by atoms with E-state index in [1.807, 2.05) is 72.8 Å². The van der Waals surface area contributed by atoms with E-state index >= 15 is 0 Å². The maximum Gasteiger partial charge on any atom is 0.240 e. The number of imide groups is 2. The van der Waals surface area contributed by atoms with Crippen molar-refractivity contribution in [2.45, 2.75) is 5.54 Å². The molecule has 2 saturated heterocycles. The summed E-state index contributed by atoms with van der Waals surface area (Å²) in [6, 6.07) is 31.9. The Morgan fingerprint density at radius 1 is 0.533 bits per heavy atom. The fourth-order valence-corrected chi connectivity index (χ4v) is 9.76. The summed E-state index contributed by atoms with van der Waals surface area (Å²) in [5.74, 6) is -5.54. The lowest BCUT2D eigenvalue weighted by Crippen LogP contribution is -2.68. The zero-order valence-corrected chi connectivity index (χ0v) is 26.7. The van der Waals surface area contributed by atoms with Crippen molar-refractivity contribution < 1.29 is 19.2 Å². The zero-order chi connectivity index (χ0) is 30.8. The second-order valence-corrected chi connectivity index (χ2v) is 13.8. The van der Waals surface area contributed by atoms with E-state index in [1.165, 1.54) is 9.80 Å². The maximum absolute atomic E-state index is 15.0. The van der Waals surface area contributed by atoms with Crippen molar-refractivity contribution in [1.82, 2.24) is 0 Å². The van der Waals surface area contributed by atoms with Gasteiger partial charge in [-0.3, -0.25) is 19.2 Å². The first-order chi connectivity index (χ1) is 21.9. The van der Waals surface area contributed by atoms with Crippen LogP contribution < -0.4 is 14.7 Å². The first-order valence-corrected chi connectivity index (χ1v) is 16.4. The predicted molar refractivity (Wildman–Crippen MR) is 176 cm³/mol. The van der Waals surface area contributed by atoms with Crippen molar-refractivity contribution in [3.8, 4) is 0 Å². The molecular weight excluding hydrogens is 698 g/mol. The molecule has 3 aliphatic heterocycles. The first kappa shape index (κ1) is 27.0. The van der Waals surface area contributed by atoms with Crippen LogP contribution in [0.1, 0.15) is 5.56 Å². The lowest BCUT2D eigenvalue weighted by atomic mass is 9.47. The van der Waals surface area contributed by atoms with Crippen molar-refractivity contribution in [2.24, 2.45) is 29.6 Å². The van der Waals surface area contributed by atoms with E-state index in [-0.39, 0.29) is 23.6 Å². The summed E-state index contributed by atoms with van der Waals surface area (Å²) in [7, 11) is 0. The van der Waals surface area contributed by atoms with Gasteiger partial charge in [0, 0.05) is 31.8 Å². The van der Waals surface area contributed by atoms with E-state index in [0.29, 0.717) is 20.3 Å². The lowest BCUT2D eigenvalue weighted by Gasteiger charge is -2.57. The van der Waals surface area contributed by atoms with E-state index in [2.05, 4.69) is 36.8 Å². The summed E-state index contributed by atoms with van der Waals surface area (Å²) >= 11 is 7.10. The molecule has 10 rings (SSSR count). The molecule has 0 aromatic heterocycles. The minimum atomic E-state index is -1.32. The molecule has 3 heterocycles. The first-order valence-electron chi connectivity index (χ1n) is 14.8. The molecule has 1 saturated carbocycles. The molecule has 4 atom stereocenters. The summed E-state index contributed by atoms with van der Waals surface area (Å²) in [4.78, 5) is 63.7. The summed E-state index contributed by atoms with van der Waals surface area (Å²) in [6.07, 6.45) is 2.04. The Kier molecular flexibility index (Phi) is 5.61. The number of anilines is 4. The molecule has 0 N–H and O–H groups in total. The van der Waals surface area contributed by atoms with Crippen molar-refractivity contribution >= 4 is 83.8 Å². The average molecular weight is 721 g/mol. The molecule has 1 spiro atoms. The smallest absolute Gasteiger partial charge is 0.240 e. The fourth-order valence-electron chi connectivity index (χ4n) is 8.84. The number of rotatable bonds is 3. The highest BCUT2D eigenvalue weighted by atomic mass is 79.9. The number of nitrogens with zero attached hydrogens (tertiary/aromatic N) is 3. The number of amides is 4. The van der Waals surface area contributed by atoms with Crippen LogP contribution in [-0.4, -0.2) is 29.2 Å². The van der Waals surface area contributed by atoms with Gasteiger partial charge in [0.1, 0.15) is 0 Å². The van der Waals surface area contributed by atoms with Gasteiger partial charge in [-0.1, -0.05) is 66.7 Å². The van der Waals surface area contributed by atoms with Gasteiger partial charge in [0.15, 0.2) is 0 Å². The second-order valence-electron chi connectivity index (χ2n) is 12.1. The number of carbonyl (C=O) groups is 4. The van der Waals surface area contributed by atoms with Crippen molar-refractivity contribution in [2.75, 3.05) is 14.7 Å². The number of halogens is 2. The molecule has 4 aromatic rings. The third-order valence-electron chi connectivity index (χ3n) is 10.3. The molecule has 6 aliphatic rings. The number of hydrogen-bond acceptors (Lipinski definition) is 5. The number of para-hydroxylation sites is 4. The largest absolute Gasteiger partial charge is 0.329 e. The van der Waals surface area contributed by atoms with Gasteiger partial charge in [-0.25, -0.2) is 9.80 Å². The van der Waals surface area contributed by atoms with Crippen LogP contribution in [0.25, 0.3) is 5.57 Å². The average Bonchev–Trinajstić information content (AvgIpc) is 3.62. The van der Waals surface area contributed by atoms with Crippen molar-refractivity contribution in [1.29, 1.82) is 0 Å². The van der Waals surface area contributed by atoms with Gasteiger partial charge in [0.2, 0.25) is 23.6 Å². The standard InChI is InChI=1S/C36H23Br2N3O4/c37-23-13-5-8-16-26(23)39-32(42)28-21-18-22-20-12-4-7-15-25(20)41(19-10-2-1-3-11-19)36(22,30(28)34(39)44)31-29(21)33(43)40(35(31)45)27-17-9-6-14-24(27)38/h1-18,21,28-31H. The highest BCUT2D eigenvalue weighted by Gasteiger charge is 2.80. The van der Waals surface area contributed by atoms with Crippen LogP contribution in [0.3, 0.4) is 0 Å². The highest BCUT2D eigenvalue weighted by molar-refractivity contribution is 9.11. The van der Waals surface area contributed by atoms with Crippen LogP contribution in [0.15, 0.2) is 118 Å². The van der Waals surface area contributed by atoms with Gasteiger partial charge in [-0.2, -0.15) is 0 Å². The molecule has 7 nitrogen and oxygen atoms in total. The molecule has 4 unspecified atom stereocenters. The Bertz CT molecular complexity index is 1960. The van der Waals surface area contributed by atoms with Crippen LogP contribution in [-0.2, 0) is 19.2 Å². The van der Waals surface area contributed by atoms with E-state index in [4.69, 9.17) is 0 Å². The predicted octanol–water partition coefficient (Wildman–Crippen LogP) is 6.74. The second kappa shape index (κ2) is 9.34. The van der Waals surface area contributed by atoms with E-state index in [1.54, 1.807) is 36.4 Å². The van der Waals surface area contributed by atoms with Crippen molar-refractivity contribution in [3.05, 3.63) is 124 Å². The summed E-state index contributed by atoms with van der Waals surface area (Å²) in [5.41, 5.74) is 2.96. The van der Waals surface area contributed by atoms with Crippen LogP contribution >= 0.6 is 31.9 Å². The molecule has 9 heteroatoms. The van der Waals surface area contributed by atoms with Gasteiger partial charge in [0.05, 0.1) is 40.6 Å². The molecule has 0 radical (unpaired) electrons. The molecule has 2 bridgehead atoms. The molecule has 4 amide bonds. The normalized spacial score (nSPS) is 29.2. The number of fused-ring (bicyclic) bond motifs is 1. The van der Waals surface area contributed by atoms with E-state index < -0.39 is 35.1 Å². The van der Waals surface area contributed by atoms with Gasteiger partial charge in [-0.05, 0) is 79.9 Å². The zero-order valence-electron chi connectivity index (χ0n) is 23.5. The Morgan fingerprint density at radius 2 is 1.00 bits per heavy atom. The maximum atomic E-state index is 15.0. The van der Waals surface area contributed by atoms with Gasteiger partial charge in [-0.15, -0.1) is 0 Å². The molecule has 4 aromatic carbocycles. The number of hydrogen-bond donors (Lipinski definition) is 0. The van der Waals surface area contributed by atoms with Crippen LogP contribution in [0.2, 0.25) is 0 Å². The summed E-state index contributed by atoms with van der Waals surface area (Å²) in [6.45, 7) is 0. The topological polar surface area (TPSA) is 78.0 Å². The number of carbonyl (C=O) groups excluding carboxylic acids is 4. The van der Waals surface area contributed by atoms with Crippen LogP contribution in [0, 0.1) is 29.6 Å². The minimum Gasteiger partial charge on any atom is -0.329 e. The number of allylic oxidation sites excluding steroid dienone is 1. The molecule has 220 valence electrons. The van der Waals surface area contributed by atoms with Gasteiger partial charge < -0.3 is 4.90 Å². The van der Waals surface area contributed by atoms with Crippen molar-refractivity contribution in [3.63, 3.8) is 0 Å². The highest BCUT2D eigenvalue weighted by Crippen LogP contribution is 2.71. The van der Waals surface area contributed by atoms with E-state index in [9.17, 15) is 19.2 Å². The lowest BCUT2D eigenvalue weighted by molar-refractivity contribution is -0.138. The quantitative estimate of drug-likeness (QED) is 0.219. The SMILES string of the molecule is O=C1C2C3C=C4c5ccccc5N(c5ccccc5)C4(C2C(=O)N1c1ccccc1Br)C1C(=O)N(c2ccccc2Br)C(=O)C31. The third kappa shape index (κ3) is 3.20. The Morgan fingerprint density at radius 3 is 1.53 bits per heavy atom. The molecule has 45 heavy (non-hydrogen) atoms. The Labute approximate surface area is 275 Å².